The summed E-state index contributed by atoms with van der Waals surface area (Å²) in [6, 6.07) is 10.5. The molecule has 0 unspecified atom stereocenters. The van der Waals surface area contributed by atoms with Crippen LogP contribution < -0.4 is 16.4 Å². The molecule has 0 saturated heterocycles. The van der Waals surface area contributed by atoms with Crippen LogP contribution in [0.25, 0.3) is 22.0 Å². The molecule has 188 valence electrons. The van der Waals surface area contributed by atoms with Crippen molar-refractivity contribution in [1.29, 1.82) is 0 Å². The third-order valence-corrected chi connectivity index (χ3v) is 8.18. The molecule has 1 aromatic carbocycles. The quantitative estimate of drug-likeness (QED) is 0.395. The number of nitrogens with two attached hydrogens (primary N) is 1. The number of aryl methyl sites for hydroxylation is 1. The minimum atomic E-state index is 0.0290. The Kier molecular flexibility index (Phi) is 4.73. The molecule has 1 aliphatic carbocycles. The number of likely N-dealkylation sites (N-methyl/N-ethyl adjacent to an activating group) is 1. The molecule has 5 heterocycles. The fourth-order valence-electron chi connectivity index (χ4n) is 5.97. The molecule has 3 aliphatic rings. The highest BCUT2D eigenvalue weighted by Crippen LogP contribution is 2.50. The van der Waals surface area contributed by atoms with Gasteiger partial charge in [0, 0.05) is 60.1 Å². The van der Waals surface area contributed by atoms with Crippen molar-refractivity contribution in [3.63, 3.8) is 0 Å². The number of nitrogens with one attached hydrogen (secondary N) is 2. The topological polar surface area (TPSA) is 114 Å². The standard InChI is InChI=1S/C28H30N8O/c1-16-19(6-5-17-4-3-9-30-26(16)17)21-10-18-11-23(31-13-20(18)27(29)32-21)33-24-12-22-28(7-8-28)15-35(2)25(37)14-36(22)34-24/h5-6,10-13,30H,3-4,7-9,14-15H2,1-2H3,(H2,29,32)(H,31,33,34). The van der Waals surface area contributed by atoms with Gasteiger partial charge in [-0.2, -0.15) is 5.10 Å². The lowest BCUT2D eigenvalue weighted by molar-refractivity contribution is -0.130. The van der Waals surface area contributed by atoms with Gasteiger partial charge in [-0.25, -0.2) is 9.97 Å². The van der Waals surface area contributed by atoms with Crippen LogP contribution in [-0.4, -0.2) is 50.7 Å². The molecule has 1 fully saturated rings. The molecule has 4 aromatic rings. The molecule has 9 heteroatoms. The Morgan fingerprint density at radius 3 is 2.86 bits per heavy atom. The number of nitrogen functional groups attached to an aromatic ring is 1. The van der Waals surface area contributed by atoms with Crippen LogP contribution in [-0.2, 0) is 23.2 Å². The van der Waals surface area contributed by atoms with Gasteiger partial charge in [-0.05, 0) is 61.3 Å². The zero-order chi connectivity index (χ0) is 25.3. The Bertz CT molecular complexity index is 1590. The molecular formula is C28H30N8O. The summed E-state index contributed by atoms with van der Waals surface area (Å²) in [5.74, 6) is 1.93. The smallest absolute Gasteiger partial charge is 0.244 e. The second-order valence-electron chi connectivity index (χ2n) is 10.7. The molecule has 9 nitrogen and oxygen atoms in total. The summed E-state index contributed by atoms with van der Waals surface area (Å²) in [6.45, 7) is 4.15. The first-order valence-corrected chi connectivity index (χ1v) is 12.9. The number of amides is 1. The van der Waals surface area contributed by atoms with Gasteiger partial charge in [0.1, 0.15) is 18.2 Å². The van der Waals surface area contributed by atoms with Crippen molar-refractivity contribution in [1.82, 2.24) is 24.6 Å². The summed E-state index contributed by atoms with van der Waals surface area (Å²) < 4.78 is 1.86. The lowest BCUT2D eigenvalue weighted by Crippen LogP contribution is -2.32. The van der Waals surface area contributed by atoms with Gasteiger partial charge in [0.05, 0.1) is 5.69 Å². The third-order valence-electron chi connectivity index (χ3n) is 8.18. The molecule has 1 amide bonds. The highest BCUT2D eigenvalue weighted by atomic mass is 16.2. The van der Waals surface area contributed by atoms with Crippen molar-refractivity contribution in [2.45, 2.75) is 44.6 Å². The Hall–Kier alpha value is -4.14. The number of benzene rings is 1. The maximum Gasteiger partial charge on any atom is 0.244 e. The number of fused-ring (bicyclic) bond motifs is 4. The van der Waals surface area contributed by atoms with E-state index in [0.717, 1.165) is 66.5 Å². The number of hydrogen-bond donors (Lipinski definition) is 3. The largest absolute Gasteiger partial charge is 0.385 e. The predicted octanol–water partition coefficient (Wildman–Crippen LogP) is 3.99. The van der Waals surface area contributed by atoms with E-state index in [9.17, 15) is 4.79 Å². The van der Waals surface area contributed by atoms with E-state index >= 15 is 0 Å². The number of anilines is 4. The maximum absolute atomic E-state index is 12.5. The Balaban J connectivity index is 1.23. The van der Waals surface area contributed by atoms with Crippen LogP contribution in [0.3, 0.4) is 0 Å². The van der Waals surface area contributed by atoms with E-state index in [2.05, 4.69) is 46.8 Å². The van der Waals surface area contributed by atoms with E-state index in [4.69, 9.17) is 15.8 Å². The van der Waals surface area contributed by atoms with Crippen molar-refractivity contribution in [2.24, 2.45) is 0 Å². The lowest BCUT2D eigenvalue weighted by atomic mass is 9.94. The van der Waals surface area contributed by atoms with E-state index < -0.39 is 0 Å². The van der Waals surface area contributed by atoms with Crippen LogP contribution in [0.4, 0.5) is 23.1 Å². The number of aromatic nitrogens is 4. The molecule has 1 saturated carbocycles. The fraction of sp³-hybridized carbons (Fsp3) is 0.357. The van der Waals surface area contributed by atoms with Crippen molar-refractivity contribution in [2.75, 3.05) is 36.5 Å². The molecule has 7 rings (SSSR count). The number of hydrogen-bond acceptors (Lipinski definition) is 7. The predicted molar refractivity (Wildman–Crippen MR) is 145 cm³/mol. The minimum absolute atomic E-state index is 0.0290. The molecule has 1 spiro atoms. The Morgan fingerprint density at radius 1 is 1.16 bits per heavy atom. The van der Waals surface area contributed by atoms with E-state index in [0.29, 0.717) is 17.5 Å². The van der Waals surface area contributed by atoms with Crippen LogP contribution in [0.5, 0.6) is 0 Å². The summed E-state index contributed by atoms with van der Waals surface area (Å²) in [5.41, 5.74) is 13.2. The second kappa shape index (κ2) is 7.93. The molecule has 0 atom stereocenters. The fourth-order valence-corrected chi connectivity index (χ4v) is 5.97. The average molecular weight is 495 g/mol. The summed E-state index contributed by atoms with van der Waals surface area (Å²) >= 11 is 0. The molecular weight excluding hydrogens is 464 g/mol. The van der Waals surface area contributed by atoms with Crippen molar-refractivity contribution < 1.29 is 4.79 Å². The van der Waals surface area contributed by atoms with Crippen molar-refractivity contribution >= 4 is 39.8 Å². The van der Waals surface area contributed by atoms with Gasteiger partial charge < -0.3 is 21.3 Å². The zero-order valence-corrected chi connectivity index (χ0v) is 21.1. The van der Waals surface area contributed by atoms with Gasteiger partial charge in [0.25, 0.3) is 0 Å². The number of carbonyl (C=O) groups is 1. The van der Waals surface area contributed by atoms with Crippen LogP contribution in [0.15, 0.2) is 36.5 Å². The summed E-state index contributed by atoms with van der Waals surface area (Å²) in [5, 5.41) is 13.4. The molecule has 3 aromatic heterocycles. The number of pyridine rings is 2. The highest BCUT2D eigenvalue weighted by molar-refractivity contribution is 5.95. The number of nitrogens with zero attached hydrogens (tertiary/aromatic N) is 5. The first kappa shape index (κ1) is 22.1. The SMILES string of the molecule is Cc1c(-c2cc3cc(Nc4cc5n(n4)CC(=O)N(C)CC54CC4)ncc3c(N)n2)ccc2c1NCCC2. The van der Waals surface area contributed by atoms with E-state index in [1.54, 1.807) is 6.20 Å². The van der Waals surface area contributed by atoms with Crippen molar-refractivity contribution in [3.05, 3.63) is 53.3 Å². The van der Waals surface area contributed by atoms with Gasteiger partial charge in [-0.3, -0.25) is 9.48 Å². The summed E-state index contributed by atoms with van der Waals surface area (Å²) in [7, 11) is 1.88. The van der Waals surface area contributed by atoms with Gasteiger partial charge in [0.2, 0.25) is 5.91 Å². The Morgan fingerprint density at radius 2 is 2.03 bits per heavy atom. The minimum Gasteiger partial charge on any atom is -0.385 e. The van der Waals surface area contributed by atoms with Gasteiger partial charge in [-0.1, -0.05) is 12.1 Å². The van der Waals surface area contributed by atoms with Gasteiger partial charge in [-0.15, -0.1) is 0 Å². The van der Waals surface area contributed by atoms with Gasteiger partial charge >= 0.3 is 0 Å². The van der Waals surface area contributed by atoms with Crippen LogP contribution in [0.2, 0.25) is 0 Å². The van der Waals surface area contributed by atoms with E-state index in [1.807, 2.05) is 22.7 Å². The van der Waals surface area contributed by atoms with Crippen LogP contribution >= 0.6 is 0 Å². The molecule has 0 bridgehead atoms. The highest BCUT2D eigenvalue weighted by Gasteiger charge is 2.50. The number of carbonyl (C=O) groups excluding carboxylic acids is 1. The van der Waals surface area contributed by atoms with Gasteiger partial charge in [0.15, 0.2) is 5.82 Å². The van der Waals surface area contributed by atoms with Crippen molar-refractivity contribution in [3.8, 4) is 11.3 Å². The summed E-state index contributed by atoms with van der Waals surface area (Å²) in [4.78, 5) is 23.6. The first-order chi connectivity index (χ1) is 17.9. The summed E-state index contributed by atoms with van der Waals surface area (Å²) in [6.07, 6.45) is 6.17. The molecule has 2 aliphatic heterocycles. The third kappa shape index (κ3) is 3.60. The van der Waals surface area contributed by atoms with E-state index in [-0.39, 0.29) is 17.9 Å². The van der Waals surface area contributed by atoms with Crippen LogP contribution in [0.1, 0.15) is 36.1 Å². The normalized spacial score (nSPS) is 17.8. The van der Waals surface area contributed by atoms with E-state index in [1.165, 1.54) is 16.8 Å². The monoisotopic (exact) mass is 494 g/mol. The molecule has 37 heavy (non-hydrogen) atoms. The first-order valence-electron chi connectivity index (χ1n) is 12.9. The lowest BCUT2D eigenvalue weighted by Gasteiger charge is -2.22. The molecule has 4 N–H and O–H groups in total. The second-order valence-corrected chi connectivity index (χ2v) is 10.7. The average Bonchev–Trinajstić information content (AvgIpc) is 3.57. The van der Waals surface area contributed by atoms with Crippen LogP contribution in [0, 0.1) is 6.92 Å². The Labute approximate surface area is 215 Å². The maximum atomic E-state index is 12.5. The number of rotatable bonds is 3. The molecule has 0 radical (unpaired) electrons. The zero-order valence-electron chi connectivity index (χ0n) is 21.1.